The zero-order valence-electron chi connectivity index (χ0n) is 12.4. The predicted molar refractivity (Wildman–Crippen MR) is 84.4 cm³/mol. The van der Waals surface area contributed by atoms with Crippen LogP contribution >= 0.6 is 0 Å². The molecule has 1 rings (SSSR count). The molecule has 0 fully saturated rings. The summed E-state index contributed by atoms with van der Waals surface area (Å²) in [6.07, 6.45) is 13.1. The van der Waals surface area contributed by atoms with Gasteiger partial charge in [0.2, 0.25) is 0 Å². The summed E-state index contributed by atoms with van der Waals surface area (Å²) in [5.41, 5.74) is 2.52. The highest BCUT2D eigenvalue weighted by Crippen LogP contribution is 2.06. The normalized spacial score (nSPS) is 11.9. The van der Waals surface area contributed by atoms with Crippen molar-refractivity contribution < 1.29 is 0 Å². The molecule has 0 nitrogen and oxygen atoms in total. The van der Waals surface area contributed by atoms with E-state index < -0.39 is 0 Å². The van der Waals surface area contributed by atoms with Gasteiger partial charge in [0.15, 0.2) is 0 Å². The first kappa shape index (κ1) is 21.0. The molecule has 0 N–H and O–H groups in total. The Morgan fingerprint density at radius 3 is 1.88 bits per heavy atom. The number of hydrogen-bond donors (Lipinski definition) is 0. The summed E-state index contributed by atoms with van der Waals surface area (Å²) in [4.78, 5) is 0. The third kappa shape index (κ3) is 25.2. The van der Waals surface area contributed by atoms with E-state index in [0.717, 1.165) is 5.57 Å². The van der Waals surface area contributed by atoms with Crippen molar-refractivity contribution in [1.82, 2.24) is 0 Å². The van der Waals surface area contributed by atoms with Gasteiger partial charge in [0.05, 0.1) is 0 Å². The minimum absolute atomic E-state index is 1.11. The van der Waals surface area contributed by atoms with Gasteiger partial charge in [-0.05, 0) is 33.6 Å². The standard InChI is InChI=1S/C7H10.C6H10.C2H6.C2H4/c1-7-5-3-2-4-6-7;1-4-5-6(2)3;2*1-2/h3,5-6H,2,4H2,1H3;4-5H,2H2,1,3H3;1-2H3;1-2H2/b;5-4-;;. The molecule has 1 aliphatic carbocycles. The Labute approximate surface area is 109 Å². The van der Waals surface area contributed by atoms with Crippen LogP contribution in [0.15, 0.2) is 61.3 Å². The van der Waals surface area contributed by atoms with Crippen molar-refractivity contribution in [1.29, 1.82) is 0 Å². The zero-order valence-corrected chi connectivity index (χ0v) is 12.4. The van der Waals surface area contributed by atoms with Crippen LogP contribution in [0.3, 0.4) is 0 Å². The lowest BCUT2D eigenvalue weighted by Crippen LogP contribution is -1.76. The number of rotatable bonds is 1. The minimum Gasteiger partial charge on any atom is -0.106 e. The minimum atomic E-state index is 1.11. The highest BCUT2D eigenvalue weighted by Gasteiger charge is 1.86. The highest BCUT2D eigenvalue weighted by molar-refractivity contribution is 5.19. The second-order valence-electron chi connectivity index (χ2n) is 3.27. The van der Waals surface area contributed by atoms with Gasteiger partial charge in [-0.3, -0.25) is 0 Å². The summed E-state index contributed by atoms with van der Waals surface area (Å²) in [7, 11) is 0. The van der Waals surface area contributed by atoms with Crippen molar-refractivity contribution in [2.45, 2.75) is 47.5 Å². The SMILES string of the molecule is C=C.C=C(C)/C=C\C.CC.CC1=CCCC=C1. The molecule has 0 heterocycles. The third-order valence-electron chi connectivity index (χ3n) is 1.63. The fraction of sp³-hybridized carbons (Fsp3) is 0.412. The third-order valence-corrected chi connectivity index (χ3v) is 1.63. The first-order valence-corrected chi connectivity index (χ1v) is 6.28. The Hall–Kier alpha value is -1.30. The number of hydrogen-bond acceptors (Lipinski definition) is 0. The molecule has 1 aliphatic rings. The maximum Gasteiger partial charge on any atom is -0.0310 e. The summed E-state index contributed by atoms with van der Waals surface area (Å²) in [5, 5.41) is 0. The molecule has 0 aromatic heterocycles. The maximum absolute atomic E-state index is 3.66. The van der Waals surface area contributed by atoms with E-state index >= 15 is 0 Å². The molecule has 0 aliphatic heterocycles. The second-order valence-corrected chi connectivity index (χ2v) is 3.27. The van der Waals surface area contributed by atoms with Crippen molar-refractivity contribution >= 4 is 0 Å². The molecular weight excluding hydrogens is 204 g/mol. The summed E-state index contributed by atoms with van der Waals surface area (Å²) >= 11 is 0. The molecule has 0 unspecified atom stereocenters. The molecule has 0 radical (unpaired) electrons. The van der Waals surface area contributed by atoms with Gasteiger partial charge in [-0.2, -0.15) is 0 Å². The van der Waals surface area contributed by atoms with Gasteiger partial charge < -0.3 is 0 Å². The van der Waals surface area contributed by atoms with Gasteiger partial charge in [-0.1, -0.05) is 62.0 Å². The second kappa shape index (κ2) is 20.2. The Balaban J connectivity index is -0.000000180. The van der Waals surface area contributed by atoms with Crippen LogP contribution in [0.1, 0.15) is 47.5 Å². The molecule has 0 saturated heterocycles. The van der Waals surface area contributed by atoms with Crippen molar-refractivity contribution in [2.75, 3.05) is 0 Å². The van der Waals surface area contributed by atoms with Gasteiger partial charge in [-0.25, -0.2) is 0 Å². The zero-order chi connectivity index (χ0) is 14.1. The Morgan fingerprint density at radius 2 is 1.76 bits per heavy atom. The predicted octanol–water partition coefficient (Wildman–Crippen LogP) is 6.25. The van der Waals surface area contributed by atoms with Crippen LogP contribution < -0.4 is 0 Å². The summed E-state index contributed by atoms with van der Waals surface area (Å²) in [6, 6.07) is 0. The Morgan fingerprint density at radius 1 is 1.24 bits per heavy atom. The van der Waals surface area contributed by atoms with Crippen LogP contribution in [-0.2, 0) is 0 Å². The van der Waals surface area contributed by atoms with Crippen molar-refractivity contribution in [3.8, 4) is 0 Å². The van der Waals surface area contributed by atoms with E-state index in [1.165, 1.54) is 18.4 Å². The first-order valence-electron chi connectivity index (χ1n) is 6.28. The molecule has 0 aromatic carbocycles. The molecule has 0 heteroatoms. The molecule has 0 saturated carbocycles. The van der Waals surface area contributed by atoms with Gasteiger partial charge in [0.1, 0.15) is 0 Å². The molecule has 0 atom stereocenters. The summed E-state index contributed by atoms with van der Waals surface area (Å²) < 4.78 is 0. The topological polar surface area (TPSA) is 0 Å². The fourth-order valence-corrected chi connectivity index (χ4v) is 1.03. The van der Waals surface area contributed by atoms with E-state index in [-0.39, 0.29) is 0 Å². The van der Waals surface area contributed by atoms with Gasteiger partial charge >= 0.3 is 0 Å². The fourth-order valence-electron chi connectivity index (χ4n) is 1.03. The molecule has 0 bridgehead atoms. The van der Waals surface area contributed by atoms with E-state index in [9.17, 15) is 0 Å². The van der Waals surface area contributed by atoms with E-state index in [1.54, 1.807) is 0 Å². The molecule has 98 valence electrons. The van der Waals surface area contributed by atoms with Gasteiger partial charge in [0, 0.05) is 0 Å². The van der Waals surface area contributed by atoms with Crippen molar-refractivity contribution in [3.05, 3.63) is 61.3 Å². The van der Waals surface area contributed by atoms with E-state index in [1.807, 2.05) is 39.8 Å². The van der Waals surface area contributed by atoms with Crippen molar-refractivity contribution in [3.63, 3.8) is 0 Å². The summed E-state index contributed by atoms with van der Waals surface area (Å²) in [5.74, 6) is 0. The van der Waals surface area contributed by atoms with Gasteiger partial charge in [0.25, 0.3) is 0 Å². The highest BCUT2D eigenvalue weighted by atomic mass is 13.9. The van der Waals surface area contributed by atoms with Crippen molar-refractivity contribution in [2.24, 2.45) is 0 Å². The summed E-state index contributed by atoms with van der Waals surface area (Å²) in [6.45, 7) is 19.7. The van der Waals surface area contributed by atoms with E-state index in [0.29, 0.717) is 0 Å². The van der Waals surface area contributed by atoms with Crippen LogP contribution in [0, 0.1) is 0 Å². The van der Waals surface area contributed by atoms with Crippen LogP contribution in [-0.4, -0.2) is 0 Å². The number of allylic oxidation sites excluding steroid dienone is 7. The lowest BCUT2D eigenvalue weighted by Gasteiger charge is -1.96. The monoisotopic (exact) mass is 234 g/mol. The maximum atomic E-state index is 3.66. The lowest BCUT2D eigenvalue weighted by atomic mass is 10.1. The first-order chi connectivity index (χ1) is 8.16. The average molecular weight is 234 g/mol. The Bertz CT molecular complexity index is 239. The van der Waals surface area contributed by atoms with E-state index in [2.05, 4.69) is 44.9 Å². The van der Waals surface area contributed by atoms with Crippen LogP contribution in [0.5, 0.6) is 0 Å². The van der Waals surface area contributed by atoms with Crippen LogP contribution in [0.2, 0.25) is 0 Å². The molecule has 0 aromatic rings. The average Bonchev–Trinajstić information content (AvgIpc) is 2.36. The van der Waals surface area contributed by atoms with Crippen LogP contribution in [0.25, 0.3) is 0 Å². The smallest absolute Gasteiger partial charge is 0.0310 e. The Kier molecular flexibility index (Phi) is 24.9. The quantitative estimate of drug-likeness (QED) is 0.371. The molecule has 0 spiro atoms. The van der Waals surface area contributed by atoms with Crippen LogP contribution in [0.4, 0.5) is 0 Å². The molecule has 17 heavy (non-hydrogen) atoms. The lowest BCUT2D eigenvalue weighted by molar-refractivity contribution is 1.02. The molecule has 0 amide bonds. The van der Waals surface area contributed by atoms with Gasteiger partial charge in [-0.15, -0.1) is 13.2 Å². The van der Waals surface area contributed by atoms with E-state index in [4.69, 9.17) is 0 Å². The largest absolute Gasteiger partial charge is 0.106 e. The molecular formula is C17H30.